The zero-order valence-corrected chi connectivity index (χ0v) is 10.7. The summed E-state index contributed by atoms with van der Waals surface area (Å²) in [7, 11) is 0. The molecule has 0 saturated heterocycles. The molecule has 4 heteroatoms. The first-order chi connectivity index (χ1) is 8.08. The van der Waals surface area contributed by atoms with E-state index >= 15 is 0 Å². The molecule has 0 unspecified atom stereocenters. The second-order valence-corrected chi connectivity index (χ2v) is 3.96. The van der Waals surface area contributed by atoms with Crippen LogP contribution in [0.5, 0.6) is 0 Å². The molecule has 0 aliphatic carbocycles. The molecule has 0 fully saturated rings. The van der Waals surface area contributed by atoms with Gasteiger partial charge in [0.2, 0.25) is 0 Å². The van der Waals surface area contributed by atoms with Gasteiger partial charge in [-0.2, -0.15) is 0 Å². The summed E-state index contributed by atoms with van der Waals surface area (Å²) in [4.78, 5) is 12.6. The fourth-order valence-corrected chi connectivity index (χ4v) is 1.84. The van der Waals surface area contributed by atoms with Gasteiger partial charge in [-0.25, -0.2) is 4.79 Å². The molecule has 0 saturated carbocycles. The quantitative estimate of drug-likeness (QED) is 0.819. The number of anilines is 1. The first kappa shape index (κ1) is 13.6. The molecule has 17 heavy (non-hydrogen) atoms. The third-order valence-corrected chi connectivity index (χ3v) is 2.85. The van der Waals surface area contributed by atoms with Crippen LogP contribution in [-0.4, -0.2) is 24.2 Å². The molecule has 3 nitrogen and oxygen atoms in total. The van der Waals surface area contributed by atoms with Crippen molar-refractivity contribution in [2.24, 2.45) is 0 Å². The van der Waals surface area contributed by atoms with Crippen molar-refractivity contribution in [3.63, 3.8) is 0 Å². The van der Waals surface area contributed by atoms with Crippen LogP contribution in [-0.2, 0) is 4.79 Å². The highest BCUT2D eigenvalue weighted by atomic mass is 35.5. The predicted octanol–water partition coefficient (Wildman–Crippen LogP) is 3.28. The minimum atomic E-state index is -0.978. The normalized spacial score (nSPS) is 10.8. The molecule has 1 aromatic carbocycles. The Morgan fingerprint density at radius 2 is 2.06 bits per heavy atom. The van der Waals surface area contributed by atoms with E-state index in [9.17, 15) is 4.79 Å². The van der Waals surface area contributed by atoms with E-state index in [1.54, 1.807) is 0 Å². The van der Waals surface area contributed by atoms with Gasteiger partial charge in [-0.15, -0.1) is 0 Å². The lowest BCUT2D eigenvalue weighted by Crippen LogP contribution is -2.21. The molecule has 0 amide bonds. The molecule has 1 rings (SSSR count). The first-order valence-corrected chi connectivity index (χ1v) is 5.91. The van der Waals surface area contributed by atoms with E-state index in [2.05, 4.69) is 18.7 Å². The molecule has 0 aliphatic heterocycles. The minimum Gasteiger partial charge on any atom is -0.478 e. The molecule has 0 heterocycles. The summed E-state index contributed by atoms with van der Waals surface area (Å²) in [5.74, 6) is -0.978. The maximum absolute atomic E-state index is 10.4. The number of carboxylic acid groups (broad SMARTS) is 1. The van der Waals surface area contributed by atoms with Crippen molar-refractivity contribution in [1.29, 1.82) is 0 Å². The van der Waals surface area contributed by atoms with Gasteiger partial charge in [0.1, 0.15) is 0 Å². The van der Waals surface area contributed by atoms with Crippen molar-refractivity contribution in [2.75, 3.05) is 18.0 Å². The van der Waals surface area contributed by atoms with E-state index in [1.807, 2.05) is 18.2 Å². The van der Waals surface area contributed by atoms with Gasteiger partial charge in [-0.1, -0.05) is 17.7 Å². The van der Waals surface area contributed by atoms with Gasteiger partial charge in [0.25, 0.3) is 0 Å². The summed E-state index contributed by atoms with van der Waals surface area (Å²) in [6.07, 6.45) is 2.58. The van der Waals surface area contributed by atoms with Crippen molar-refractivity contribution in [2.45, 2.75) is 13.8 Å². The van der Waals surface area contributed by atoms with Crippen LogP contribution in [0.15, 0.2) is 24.3 Å². The van der Waals surface area contributed by atoms with Crippen molar-refractivity contribution in [3.05, 3.63) is 34.9 Å². The summed E-state index contributed by atoms with van der Waals surface area (Å²) in [5.41, 5.74) is 1.76. The second kappa shape index (κ2) is 6.30. The summed E-state index contributed by atoms with van der Waals surface area (Å²) in [6.45, 7) is 5.99. The number of halogens is 1. The van der Waals surface area contributed by atoms with Crippen molar-refractivity contribution >= 4 is 29.3 Å². The zero-order valence-electron chi connectivity index (χ0n) is 9.98. The van der Waals surface area contributed by atoms with E-state index in [-0.39, 0.29) is 0 Å². The highest BCUT2D eigenvalue weighted by Crippen LogP contribution is 2.24. The number of carbonyl (C=O) groups is 1. The Morgan fingerprint density at radius 3 is 2.53 bits per heavy atom. The average molecular weight is 254 g/mol. The number of rotatable bonds is 5. The molecule has 92 valence electrons. The Hall–Kier alpha value is -1.48. The van der Waals surface area contributed by atoms with Crippen LogP contribution >= 0.6 is 11.6 Å². The number of nitrogens with zero attached hydrogens (tertiary/aromatic N) is 1. The van der Waals surface area contributed by atoms with Gasteiger partial charge in [0.05, 0.1) is 0 Å². The summed E-state index contributed by atoms with van der Waals surface area (Å²) < 4.78 is 0. The number of hydrogen-bond acceptors (Lipinski definition) is 2. The average Bonchev–Trinajstić information content (AvgIpc) is 2.29. The molecule has 0 aromatic heterocycles. The van der Waals surface area contributed by atoms with E-state index in [0.717, 1.165) is 24.9 Å². The van der Waals surface area contributed by atoms with Crippen LogP contribution in [0.4, 0.5) is 5.69 Å². The summed E-state index contributed by atoms with van der Waals surface area (Å²) in [5, 5.41) is 9.11. The van der Waals surface area contributed by atoms with Crippen molar-refractivity contribution < 1.29 is 9.90 Å². The number of aliphatic carboxylic acids is 1. The maximum atomic E-state index is 10.4. The topological polar surface area (TPSA) is 40.5 Å². The monoisotopic (exact) mass is 253 g/mol. The third-order valence-electron chi connectivity index (χ3n) is 2.52. The Balaban J connectivity index is 2.97. The van der Waals surface area contributed by atoms with Gasteiger partial charge in [0.15, 0.2) is 0 Å². The maximum Gasteiger partial charge on any atom is 0.328 e. The lowest BCUT2D eigenvalue weighted by atomic mass is 10.1. The molecule has 0 spiro atoms. The molecule has 1 N–H and O–H groups in total. The first-order valence-electron chi connectivity index (χ1n) is 5.54. The largest absolute Gasteiger partial charge is 0.478 e. The summed E-state index contributed by atoms with van der Waals surface area (Å²) in [6, 6.07) is 5.63. The predicted molar refractivity (Wildman–Crippen MR) is 71.7 cm³/mol. The Morgan fingerprint density at radius 1 is 1.41 bits per heavy atom. The van der Waals surface area contributed by atoms with Gasteiger partial charge in [-0.05, 0) is 37.6 Å². The highest BCUT2D eigenvalue weighted by Gasteiger charge is 2.04. The van der Waals surface area contributed by atoms with E-state index < -0.39 is 5.97 Å². The smallest absolute Gasteiger partial charge is 0.328 e. The SMILES string of the molecule is CCN(CC)c1ccc(/C=C/C(=O)O)c(Cl)c1. The number of benzene rings is 1. The zero-order chi connectivity index (χ0) is 12.8. The molecule has 0 bridgehead atoms. The van der Waals surface area contributed by atoms with E-state index in [1.165, 1.54) is 6.08 Å². The van der Waals surface area contributed by atoms with E-state index in [4.69, 9.17) is 16.7 Å². The van der Waals surface area contributed by atoms with Crippen LogP contribution in [0.3, 0.4) is 0 Å². The van der Waals surface area contributed by atoms with Crippen molar-refractivity contribution in [1.82, 2.24) is 0 Å². The molecular weight excluding hydrogens is 238 g/mol. The fraction of sp³-hybridized carbons (Fsp3) is 0.308. The van der Waals surface area contributed by atoms with Gasteiger partial charge in [-0.3, -0.25) is 0 Å². The number of hydrogen-bond donors (Lipinski definition) is 1. The number of carboxylic acids is 1. The summed E-state index contributed by atoms with van der Waals surface area (Å²) >= 11 is 6.10. The molecule has 1 aromatic rings. The Bertz CT molecular complexity index is 425. The van der Waals surface area contributed by atoms with Crippen LogP contribution in [0, 0.1) is 0 Å². The third kappa shape index (κ3) is 3.79. The lowest BCUT2D eigenvalue weighted by molar-refractivity contribution is -0.131. The standard InChI is InChI=1S/C13H16ClNO2/c1-3-15(4-2)11-7-5-10(12(14)9-11)6-8-13(16)17/h5-9H,3-4H2,1-2H3,(H,16,17)/b8-6+. The Kier molecular flexibility index (Phi) is 5.04. The Labute approximate surface area is 106 Å². The molecular formula is C13H16ClNO2. The highest BCUT2D eigenvalue weighted by molar-refractivity contribution is 6.32. The van der Waals surface area contributed by atoms with Crippen LogP contribution in [0.1, 0.15) is 19.4 Å². The second-order valence-electron chi connectivity index (χ2n) is 3.55. The molecule has 0 atom stereocenters. The van der Waals surface area contributed by atoms with Gasteiger partial charge in [0, 0.05) is 29.9 Å². The lowest BCUT2D eigenvalue weighted by Gasteiger charge is -2.21. The minimum absolute atomic E-state index is 0.562. The van der Waals surface area contributed by atoms with Crippen LogP contribution in [0.2, 0.25) is 5.02 Å². The van der Waals surface area contributed by atoms with Gasteiger partial charge < -0.3 is 10.0 Å². The van der Waals surface area contributed by atoms with Crippen LogP contribution in [0.25, 0.3) is 6.08 Å². The van der Waals surface area contributed by atoms with Gasteiger partial charge >= 0.3 is 5.97 Å². The molecule has 0 aliphatic rings. The van der Waals surface area contributed by atoms with Crippen LogP contribution < -0.4 is 4.90 Å². The molecule has 0 radical (unpaired) electrons. The van der Waals surface area contributed by atoms with Crippen molar-refractivity contribution in [3.8, 4) is 0 Å². The fourth-order valence-electron chi connectivity index (χ4n) is 1.60. The van der Waals surface area contributed by atoms with E-state index in [0.29, 0.717) is 10.6 Å².